The van der Waals surface area contributed by atoms with E-state index in [2.05, 4.69) is 22.1 Å². The third kappa shape index (κ3) is 4.31. The van der Waals surface area contributed by atoms with E-state index in [4.69, 9.17) is 0 Å². The van der Waals surface area contributed by atoms with Crippen molar-refractivity contribution in [2.24, 2.45) is 5.92 Å². The zero-order chi connectivity index (χ0) is 24.5. The van der Waals surface area contributed by atoms with Gasteiger partial charge in [0.2, 0.25) is 0 Å². The van der Waals surface area contributed by atoms with E-state index in [9.17, 15) is 18.7 Å². The Labute approximate surface area is 202 Å². The van der Waals surface area contributed by atoms with Crippen LogP contribution in [0.4, 0.5) is 25.0 Å². The van der Waals surface area contributed by atoms with Crippen LogP contribution in [0.25, 0.3) is 0 Å². The topological polar surface area (TPSA) is 68.7 Å². The summed E-state index contributed by atoms with van der Waals surface area (Å²) in [6, 6.07) is 11.4. The van der Waals surface area contributed by atoms with Crippen molar-refractivity contribution >= 4 is 17.4 Å². The number of hydrogen-bond donors (Lipinski definition) is 2. The molecule has 0 bridgehead atoms. The van der Waals surface area contributed by atoms with Crippen molar-refractivity contribution in [3.8, 4) is 11.8 Å². The zero-order valence-corrected chi connectivity index (χ0v) is 19.1. The van der Waals surface area contributed by atoms with Crippen molar-refractivity contribution in [1.29, 1.82) is 0 Å². The number of nitrogens with zero attached hydrogens (tertiary/aromatic N) is 3. The van der Waals surface area contributed by atoms with E-state index in [1.165, 1.54) is 0 Å². The number of pyridine rings is 1. The van der Waals surface area contributed by atoms with Gasteiger partial charge in [-0.05, 0) is 54.4 Å². The number of likely N-dealkylation sites (tertiary alicyclic amines) is 1. The minimum absolute atomic E-state index is 0.0258. The van der Waals surface area contributed by atoms with E-state index >= 15 is 0 Å². The number of amides is 2. The summed E-state index contributed by atoms with van der Waals surface area (Å²) in [5.41, 5.74) is 3.17. The fraction of sp³-hybridized carbons (Fsp3) is 0.259. The first-order valence-electron chi connectivity index (χ1n) is 11.4. The summed E-state index contributed by atoms with van der Waals surface area (Å²) in [4.78, 5) is 21.0. The number of rotatable bonds is 2. The van der Waals surface area contributed by atoms with Gasteiger partial charge in [0.25, 0.3) is 0 Å². The number of aliphatic hydroxyl groups excluding tert-OH is 1. The summed E-state index contributed by atoms with van der Waals surface area (Å²) in [6.45, 7) is 0.362. The monoisotopic (exact) mass is 474 g/mol. The first kappa shape index (κ1) is 22.8. The number of carbonyl (C=O) groups excluding carboxylic acids is 1. The van der Waals surface area contributed by atoms with Crippen LogP contribution in [-0.4, -0.2) is 47.3 Å². The van der Waals surface area contributed by atoms with Gasteiger partial charge >= 0.3 is 6.03 Å². The number of halogens is 2. The average Bonchev–Trinajstić information content (AvgIpc) is 3.31. The minimum atomic E-state index is -0.708. The van der Waals surface area contributed by atoms with Gasteiger partial charge in [0.1, 0.15) is 11.6 Å². The fourth-order valence-corrected chi connectivity index (χ4v) is 5.12. The molecule has 8 heteroatoms. The second-order valence-electron chi connectivity index (χ2n) is 8.77. The zero-order valence-electron chi connectivity index (χ0n) is 19.1. The predicted molar refractivity (Wildman–Crippen MR) is 129 cm³/mol. The van der Waals surface area contributed by atoms with Crippen molar-refractivity contribution < 1.29 is 18.7 Å². The van der Waals surface area contributed by atoms with E-state index in [-0.39, 0.29) is 30.3 Å². The fourth-order valence-electron chi connectivity index (χ4n) is 5.12. The Bertz CT molecular complexity index is 1320. The molecule has 3 heterocycles. The summed E-state index contributed by atoms with van der Waals surface area (Å²) in [5, 5.41) is 12.7. The Morgan fingerprint density at radius 2 is 2.00 bits per heavy atom. The van der Waals surface area contributed by atoms with Gasteiger partial charge in [0, 0.05) is 54.8 Å². The normalized spacial score (nSPS) is 20.5. The van der Waals surface area contributed by atoms with Crippen LogP contribution in [0, 0.1) is 29.4 Å². The van der Waals surface area contributed by atoms with E-state index in [0.29, 0.717) is 13.0 Å². The molecule has 2 amide bonds. The molecule has 3 atom stereocenters. The molecule has 5 rings (SSSR count). The molecule has 1 saturated heterocycles. The van der Waals surface area contributed by atoms with Gasteiger partial charge in [-0.15, -0.1) is 0 Å². The van der Waals surface area contributed by atoms with Crippen LogP contribution < -0.4 is 10.2 Å². The van der Waals surface area contributed by atoms with E-state index in [0.717, 1.165) is 40.6 Å². The summed E-state index contributed by atoms with van der Waals surface area (Å²) in [5.74, 6) is 4.89. The number of fused-ring (bicyclic) bond motifs is 3. The molecule has 1 fully saturated rings. The molecule has 1 unspecified atom stereocenters. The molecular formula is C27H24F2N4O2. The number of aromatic nitrogens is 1. The van der Waals surface area contributed by atoms with Crippen molar-refractivity contribution in [1.82, 2.24) is 9.88 Å². The van der Waals surface area contributed by atoms with Crippen LogP contribution in [0.15, 0.2) is 60.9 Å². The lowest BCUT2D eigenvalue weighted by Gasteiger charge is -2.44. The first-order chi connectivity index (χ1) is 17.0. The van der Waals surface area contributed by atoms with Gasteiger partial charge in [0.05, 0.1) is 24.4 Å². The molecule has 0 aliphatic carbocycles. The van der Waals surface area contributed by atoms with E-state index < -0.39 is 17.7 Å². The molecule has 0 saturated carbocycles. The van der Waals surface area contributed by atoms with Gasteiger partial charge in [-0.1, -0.05) is 11.8 Å². The van der Waals surface area contributed by atoms with E-state index in [1.54, 1.807) is 17.3 Å². The third-order valence-electron chi connectivity index (χ3n) is 6.79. The summed E-state index contributed by atoms with van der Waals surface area (Å²) >= 11 is 0. The van der Waals surface area contributed by atoms with Gasteiger partial charge in [0.15, 0.2) is 0 Å². The Hall–Kier alpha value is -3.96. The van der Waals surface area contributed by atoms with Crippen LogP contribution in [-0.2, 0) is 0 Å². The molecular weight excluding hydrogens is 450 g/mol. The molecule has 2 aromatic carbocycles. The second kappa shape index (κ2) is 9.35. The molecule has 3 aromatic rings. The molecule has 1 aromatic heterocycles. The lowest BCUT2D eigenvalue weighted by Crippen LogP contribution is -2.48. The highest BCUT2D eigenvalue weighted by Crippen LogP contribution is 2.48. The largest absolute Gasteiger partial charge is 0.394 e. The maximum atomic E-state index is 14.2. The van der Waals surface area contributed by atoms with Gasteiger partial charge < -0.3 is 20.2 Å². The Morgan fingerprint density at radius 3 is 2.77 bits per heavy atom. The maximum Gasteiger partial charge on any atom is 0.322 e. The summed E-state index contributed by atoms with van der Waals surface area (Å²) < 4.78 is 27.8. The number of hydrogen-bond acceptors (Lipinski definition) is 4. The average molecular weight is 475 g/mol. The van der Waals surface area contributed by atoms with Crippen LogP contribution in [0.2, 0.25) is 0 Å². The SMILES string of the molecule is CN1c2ccc(C#Cc3cccnc3)cc2[C@H]2C(CCN2C(=O)Nc2cc(F)ccc2F)[C@@H]1CO. The number of anilines is 2. The quantitative estimate of drug-likeness (QED) is 0.548. The predicted octanol–water partition coefficient (Wildman–Crippen LogP) is 4.17. The van der Waals surface area contributed by atoms with Crippen molar-refractivity contribution in [2.75, 3.05) is 30.4 Å². The number of urea groups is 1. The lowest BCUT2D eigenvalue weighted by molar-refractivity contribution is 0.168. The first-order valence-corrected chi connectivity index (χ1v) is 11.4. The highest BCUT2D eigenvalue weighted by atomic mass is 19.1. The number of carbonyl (C=O) groups is 1. The number of nitrogens with one attached hydrogen (secondary N) is 1. The van der Waals surface area contributed by atoms with Crippen molar-refractivity contribution in [2.45, 2.75) is 18.5 Å². The molecule has 0 radical (unpaired) electrons. The number of likely N-dealkylation sites (N-methyl/N-ethyl adjacent to an activating group) is 1. The van der Waals surface area contributed by atoms with E-state index in [1.807, 2.05) is 42.3 Å². The lowest BCUT2D eigenvalue weighted by atomic mass is 9.81. The van der Waals surface area contributed by atoms with Crippen LogP contribution >= 0.6 is 0 Å². The Balaban J connectivity index is 1.50. The standard InChI is InChI=1S/C27H24F2N4O2/c1-32-24-9-6-17(4-5-18-3-2-11-30-15-18)13-21(24)26-20(25(32)16-34)10-12-33(26)27(35)31-23-14-19(28)7-8-22(23)29/h2-3,6-9,11,13-15,20,25-26,34H,10,12,16H2,1H3,(H,31,35)/t20?,25-,26+/m0/s1. The van der Waals surface area contributed by atoms with Crippen LogP contribution in [0.3, 0.4) is 0 Å². The summed E-state index contributed by atoms with van der Waals surface area (Å²) in [6.07, 6.45) is 4.05. The molecule has 6 nitrogen and oxygen atoms in total. The third-order valence-corrected chi connectivity index (χ3v) is 6.79. The molecule has 2 N–H and O–H groups in total. The molecule has 35 heavy (non-hydrogen) atoms. The Morgan fingerprint density at radius 1 is 1.17 bits per heavy atom. The highest BCUT2D eigenvalue weighted by molar-refractivity contribution is 5.90. The molecule has 178 valence electrons. The molecule has 2 aliphatic rings. The van der Waals surface area contributed by atoms with Crippen molar-refractivity contribution in [3.63, 3.8) is 0 Å². The van der Waals surface area contributed by atoms with Gasteiger partial charge in [-0.2, -0.15) is 0 Å². The highest BCUT2D eigenvalue weighted by Gasteiger charge is 2.47. The van der Waals surface area contributed by atoms with Gasteiger partial charge in [-0.3, -0.25) is 4.98 Å². The molecule has 0 spiro atoms. The smallest absolute Gasteiger partial charge is 0.322 e. The number of aliphatic hydroxyl groups is 1. The van der Waals surface area contributed by atoms with Gasteiger partial charge in [-0.25, -0.2) is 13.6 Å². The maximum absolute atomic E-state index is 14.2. The van der Waals surface area contributed by atoms with Crippen LogP contribution in [0.5, 0.6) is 0 Å². The number of benzene rings is 2. The van der Waals surface area contributed by atoms with Crippen LogP contribution in [0.1, 0.15) is 29.2 Å². The van der Waals surface area contributed by atoms with Crippen molar-refractivity contribution in [3.05, 3.63) is 89.2 Å². The second-order valence-corrected chi connectivity index (χ2v) is 8.77. The minimum Gasteiger partial charge on any atom is -0.394 e. The molecule has 2 aliphatic heterocycles. The summed E-state index contributed by atoms with van der Waals surface area (Å²) in [7, 11) is 1.93. The Kier molecular flexibility index (Phi) is 6.10.